The zero-order valence-corrected chi connectivity index (χ0v) is 21.4. The third kappa shape index (κ3) is 3.55. The predicted molar refractivity (Wildman–Crippen MR) is 134 cm³/mol. The lowest BCUT2D eigenvalue weighted by Gasteiger charge is -2.51. The van der Waals surface area contributed by atoms with Crippen LogP contribution in [-0.2, 0) is 14.3 Å². The number of carbonyl (C=O) groups excluding carboxylic acids is 2. The van der Waals surface area contributed by atoms with Gasteiger partial charge < -0.3 is 30.3 Å². The van der Waals surface area contributed by atoms with Gasteiger partial charge in [-0.05, 0) is 53.7 Å². The Hall–Kier alpha value is -3.20. The maximum absolute atomic E-state index is 14.1. The topological polar surface area (TPSA) is 145 Å². The van der Waals surface area contributed by atoms with E-state index in [-0.39, 0.29) is 16.7 Å². The Balaban J connectivity index is 2.41. The monoisotopic (exact) mass is 498 g/mol. The molecule has 3 rings (SSSR count). The van der Waals surface area contributed by atoms with Crippen LogP contribution in [0.5, 0.6) is 0 Å². The van der Waals surface area contributed by atoms with E-state index in [2.05, 4.69) is 0 Å². The van der Waals surface area contributed by atoms with Crippen molar-refractivity contribution in [2.24, 2.45) is 11.3 Å². The first-order valence-corrected chi connectivity index (χ1v) is 11.7. The highest BCUT2D eigenvalue weighted by molar-refractivity contribution is 6.09. The van der Waals surface area contributed by atoms with Crippen molar-refractivity contribution in [3.05, 3.63) is 82.6 Å². The van der Waals surface area contributed by atoms with Gasteiger partial charge in [-0.3, -0.25) is 9.59 Å². The number of hydrogen-bond donors (Lipinski definition) is 5. The molecule has 1 aliphatic heterocycles. The van der Waals surface area contributed by atoms with E-state index >= 15 is 0 Å². The van der Waals surface area contributed by atoms with E-state index in [1.54, 1.807) is 38.2 Å². The van der Waals surface area contributed by atoms with Crippen molar-refractivity contribution in [3.63, 3.8) is 0 Å². The molecule has 5 atom stereocenters. The van der Waals surface area contributed by atoms with Gasteiger partial charge in [0.05, 0.1) is 5.41 Å². The average Bonchev–Trinajstić information content (AvgIpc) is 3.01. The lowest BCUT2D eigenvalue weighted by Crippen LogP contribution is -2.68. The van der Waals surface area contributed by atoms with Crippen LogP contribution in [0.25, 0.3) is 0 Å². The van der Waals surface area contributed by atoms with Gasteiger partial charge >= 0.3 is 0 Å². The Kier molecular flexibility index (Phi) is 6.87. The van der Waals surface area contributed by atoms with Crippen LogP contribution in [0.3, 0.4) is 0 Å². The summed E-state index contributed by atoms with van der Waals surface area (Å²) in [5.74, 6) is -6.90. The van der Waals surface area contributed by atoms with Crippen LogP contribution < -0.4 is 0 Å². The molecule has 0 spiro atoms. The zero-order chi connectivity index (χ0) is 27.3. The van der Waals surface area contributed by atoms with Gasteiger partial charge in [0.2, 0.25) is 5.79 Å². The van der Waals surface area contributed by atoms with E-state index in [4.69, 9.17) is 4.74 Å². The average molecular weight is 499 g/mol. The second-order valence-corrected chi connectivity index (χ2v) is 10.0. The SMILES string of the molecule is C/C=C/C=C/C(O)=C1C[C@](C)(O)[C@]2(O)O[C@@]3(C)C(=O)C(C)=C(O)C(=C(O)/C=C/C=C/C)[C@H]3[C@]2(C)C1=O. The molecule has 1 heterocycles. The molecule has 2 aliphatic carbocycles. The predicted octanol–water partition coefficient (Wildman–Crippen LogP) is 4.11. The van der Waals surface area contributed by atoms with Gasteiger partial charge in [0.25, 0.3) is 0 Å². The van der Waals surface area contributed by atoms with Crippen LogP contribution in [0.2, 0.25) is 0 Å². The molecular formula is C28H34O8. The minimum atomic E-state index is -2.60. The number of ether oxygens (including phenoxy) is 1. The largest absolute Gasteiger partial charge is 0.508 e. The summed E-state index contributed by atoms with van der Waals surface area (Å²) in [6.45, 7) is 8.82. The Labute approximate surface area is 210 Å². The summed E-state index contributed by atoms with van der Waals surface area (Å²) < 4.78 is 5.97. The van der Waals surface area contributed by atoms with Crippen LogP contribution in [0.4, 0.5) is 0 Å². The molecule has 0 bridgehead atoms. The van der Waals surface area contributed by atoms with Crippen molar-refractivity contribution < 1.29 is 39.9 Å². The van der Waals surface area contributed by atoms with Gasteiger partial charge in [-0.25, -0.2) is 0 Å². The summed E-state index contributed by atoms with van der Waals surface area (Å²) in [7, 11) is 0. The van der Waals surface area contributed by atoms with Crippen LogP contribution >= 0.6 is 0 Å². The molecule has 1 saturated carbocycles. The van der Waals surface area contributed by atoms with Crippen molar-refractivity contribution in [2.75, 3.05) is 0 Å². The Morgan fingerprint density at radius 3 is 1.97 bits per heavy atom. The minimum absolute atomic E-state index is 0.124. The molecule has 194 valence electrons. The van der Waals surface area contributed by atoms with Crippen molar-refractivity contribution in [3.8, 4) is 0 Å². The van der Waals surface area contributed by atoms with Gasteiger partial charge in [-0.15, -0.1) is 0 Å². The standard InChI is InChI=1S/C28H34O8/c1-7-9-11-13-18(29)17-15-25(4,34)28(35)26(5,24(17)33)22-20(19(30)14-12-10-8-2)21(31)16(3)23(32)27(22,6)36-28/h7-14,22,29-31,34-35H,15H2,1-6H3/b9-7+,10-8+,13-11+,14-12+,18-17?,20-19?/t22-,25-,26+,27+,28-/m0/s1. The maximum atomic E-state index is 14.1. The van der Waals surface area contributed by atoms with Crippen LogP contribution in [0.1, 0.15) is 48.0 Å². The lowest BCUT2D eigenvalue weighted by atomic mass is 9.52. The van der Waals surface area contributed by atoms with Gasteiger partial charge in [-0.1, -0.05) is 36.5 Å². The minimum Gasteiger partial charge on any atom is -0.508 e. The summed E-state index contributed by atoms with van der Waals surface area (Å²) in [4.78, 5) is 27.5. The lowest BCUT2D eigenvalue weighted by molar-refractivity contribution is -0.326. The Bertz CT molecular complexity index is 1210. The number of ketones is 2. The fourth-order valence-electron chi connectivity index (χ4n) is 5.77. The zero-order valence-electron chi connectivity index (χ0n) is 21.4. The van der Waals surface area contributed by atoms with Crippen molar-refractivity contribution >= 4 is 11.6 Å². The van der Waals surface area contributed by atoms with E-state index in [0.29, 0.717) is 0 Å². The molecule has 3 aliphatic rings. The quantitative estimate of drug-likeness (QED) is 0.221. The molecule has 8 nitrogen and oxygen atoms in total. The number of aliphatic hydroxyl groups excluding tert-OH is 3. The number of hydrogen-bond acceptors (Lipinski definition) is 8. The highest BCUT2D eigenvalue weighted by Crippen LogP contribution is 2.67. The van der Waals surface area contributed by atoms with Gasteiger partial charge in [-0.2, -0.15) is 0 Å². The second-order valence-electron chi connectivity index (χ2n) is 10.0. The molecule has 5 N–H and O–H groups in total. The van der Waals surface area contributed by atoms with Crippen LogP contribution in [0.15, 0.2) is 82.6 Å². The van der Waals surface area contributed by atoms with E-state index in [9.17, 15) is 35.1 Å². The molecule has 0 unspecified atom stereocenters. The fourth-order valence-corrected chi connectivity index (χ4v) is 5.77. The summed E-state index contributed by atoms with van der Waals surface area (Å²) in [5.41, 5.74) is -6.64. The van der Waals surface area contributed by atoms with E-state index < -0.39 is 63.6 Å². The summed E-state index contributed by atoms with van der Waals surface area (Å²) in [6.07, 6.45) is 11.8. The normalized spacial score (nSPS) is 40.2. The van der Waals surface area contributed by atoms with Crippen LogP contribution in [-0.4, -0.2) is 54.1 Å². The fraction of sp³-hybridized carbons (Fsp3) is 0.429. The molecule has 0 aromatic rings. The summed E-state index contributed by atoms with van der Waals surface area (Å²) in [6, 6.07) is 0. The molecule has 0 radical (unpaired) electrons. The number of Topliss-reactive ketones (excluding diaryl/α,β-unsaturated/α-hetero) is 2. The summed E-state index contributed by atoms with van der Waals surface area (Å²) >= 11 is 0. The van der Waals surface area contributed by atoms with Gasteiger partial charge in [0.1, 0.15) is 28.5 Å². The molecule has 8 heteroatoms. The van der Waals surface area contributed by atoms with Crippen LogP contribution in [0, 0.1) is 11.3 Å². The van der Waals surface area contributed by atoms with Gasteiger partial charge in [0, 0.05) is 29.1 Å². The second kappa shape index (κ2) is 9.03. The number of fused-ring (bicyclic) bond motifs is 3. The molecule has 0 amide bonds. The number of rotatable bonds is 4. The number of allylic oxidation sites excluding steroid dienone is 9. The Morgan fingerprint density at radius 2 is 1.44 bits per heavy atom. The Morgan fingerprint density at radius 1 is 0.917 bits per heavy atom. The number of carbonyl (C=O) groups is 2. The highest BCUT2D eigenvalue weighted by Gasteiger charge is 2.81. The molecule has 2 fully saturated rings. The van der Waals surface area contributed by atoms with E-state index in [1.807, 2.05) is 0 Å². The molecule has 1 saturated heterocycles. The maximum Gasteiger partial charge on any atom is 0.209 e. The smallest absolute Gasteiger partial charge is 0.209 e. The van der Waals surface area contributed by atoms with Crippen molar-refractivity contribution in [1.82, 2.24) is 0 Å². The molecule has 0 aromatic carbocycles. The molecule has 36 heavy (non-hydrogen) atoms. The third-order valence-electron chi connectivity index (χ3n) is 7.58. The van der Waals surface area contributed by atoms with Gasteiger partial charge in [0.15, 0.2) is 11.6 Å². The molecule has 0 aromatic heterocycles. The summed E-state index contributed by atoms with van der Waals surface area (Å²) in [5, 5.41) is 56.1. The first-order chi connectivity index (χ1) is 16.7. The van der Waals surface area contributed by atoms with E-state index in [1.165, 1.54) is 52.0 Å². The third-order valence-corrected chi connectivity index (χ3v) is 7.58. The van der Waals surface area contributed by atoms with Crippen molar-refractivity contribution in [2.45, 2.75) is 65.0 Å². The molecular weight excluding hydrogens is 464 g/mol. The van der Waals surface area contributed by atoms with Crippen molar-refractivity contribution in [1.29, 1.82) is 0 Å². The first kappa shape index (κ1) is 27.4. The first-order valence-electron chi connectivity index (χ1n) is 11.7. The number of aliphatic hydroxyl groups is 5. The van der Waals surface area contributed by atoms with E-state index in [0.717, 1.165) is 0 Å². The highest BCUT2D eigenvalue weighted by atomic mass is 16.7.